The predicted molar refractivity (Wildman–Crippen MR) is 91.1 cm³/mol. The highest BCUT2D eigenvalue weighted by Gasteiger charge is 2.21. The first-order valence-electron chi connectivity index (χ1n) is 7.52. The number of oxime groups is 1. The molecule has 2 N–H and O–H groups in total. The number of carbonyl (C=O) groups is 1. The van der Waals surface area contributed by atoms with Gasteiger partial charge < -0.3 is 15.3 Å². The largest absolute Gasteiger partial charge is 0.479 e. The van der Waals surface area contributed by atoms with E-state index in [9.17, 15) is 14.9 Å². The van der Waals surface area contributed by atoms with Crippen LogP contribution in [0.4, 0.5) is 5.69 Å². The van der Waals surface area contributed by atoms with Gasteiger partial charge in [-0.2, -0.15) is 0 Å². The lowest BCUT2D eigenvalue weighted by Gasteiger charge is -2.14. The second kappa shape index (κ2) is 8.44. The highest BCUT2D eigenvalue weighted by molar-refractivity contribution is 5.98. The van der Waals surface area contributed by atoms with Crippen molar-refractivity contribution >= 4 is 17.5 Å². The molecule has 0 saturated heterocycles. The quantitative estimate of drug-likeness (QED) is 0.271. The third-order valence-corrected chi connectivity index (χ3v) is 3.24. The number of ether oxygens (including phenoxy) is 1. The lowest BCUT2D eigenvalue weighted by Crippen LogP contribution is -2.28. The Hall–Kier alpha value is -3.42. The third-order valence-electron chi connectivity index (χ3n) is 3.24. The molecule has 0 heterocycles. The number of para-hydroxylation sites is 1. The van der Waals surface area contributed by atoms with E-state index in [-0.39, 0.29) is 17.1 Å². The van der Waals surface area contributed by atoms with E-state index in [1.807, 2.05) is 6.07 Å². The summed E-state index contributed by atoms with van der Waals surface area (Å²) in [7, 11) is 0. The van der Waals surface area contributed by atoms with Gasteiger partial charge >= 0.3 is 5.97 Å². The van der Waals surface area contributed by atoms with Crippen LogP contribution < -0.4 is 10.5 Å². The maximum absolute atomic E-state index is 12.1. The normalized spacial score (nSPS) is 12.3. The lowest BCUT2D eigenvalue weighted by atomic mass is 10.2. The van der Waals surface area contributed by atoms with Crippen molar-refractivity contribution in [1.29, 1.82) is 0 Å². The van der Waals surface area contributed by atoms with Gasteiger partial charge in [0, 0.05) is 17.7 Å². The minimum Gasteiger partial charge on any atom is -0.479 e. The molecule has 8 heteroatoms. The molecule has 25 heavy (non-hydrogen) atoms. The number of carbonyl (C=O) groups excluding carboxylic acids is 1. The average molecular weight is 343 g/mol. The van der Waals surface area contributed by atoms with E-state index in [2.05, 4.69) is 5.16 Å². The number of non-ortho nitro benzene ring substituents is 1. The van der Waals surface area contributed by atoms with Crippen LogP contribution in [0.15, 0.2) is 59.8 Å². The molecular weight excluding hydrogens is 326 g/mol. The van der Waals surface area contributed by atoms with E-state index in [0.717, 1.165) is 0 Å². The zero-order chi connectivity index (χ0) is 18.2. The Balaban J connectivity index is 2.04. The number of hydrogen-bond acceptors (Lipinski definition) is 6. The molecule has 0 spiro atoms. The van der Waals surface area contributed by atoms with Crippen LogP contribution in [0.5, 0.6) is 5.75 Å². The summed E-state index contributed by atoms with van der Waals surface area (Å²) in [6, 6.07) is 14.4. The summed E-state index contributed by atoms with van der Waals surface area (Å²) in [6.07, 6.45) is -0.469. The van der Waals surface area contributed by atoms with Crippen molar-refractivity contribution < 1.29 is 19.3 Å². The zero-order valence-corrected chi connectivity index (χ0v) is 13.5. The molecule has 0 fully saturated rings. The molecule has 0 unspecified atom stereocenters. The number of nitro benzene ring substituents is 1. The topological polar surface area (TPSA) is 117 Å². The number of benzene rings is 2. The first-order chi connectivity index (χ1) is 12.0. The molecule has 0 aromatic heterocycles. The van der Waals surface area contributed by atoms with Gasteiger partial charge in [0.1, 0.15) is 5.75 Å². The smallest absolute Gasteiger partial charge is 0.375 e. The maximum atomic E-state index is 12.1. The lowest BCUT2D eigenvalue weighted by molar-refractivity contribution is -0.384. The molecule has 1 atom stereocenters. The Labute approximate surface area is 144 Å². The Bertz CT molecular complexity index is 777. The number of amidine groups is 1. The predicted octanol–water partition coefficient (Wildman–Crippen LogP) is 2.62. The fourth-order valence-electron chi connectivity index (χ4n) is 1.95. The van der Waals surface area contributed by atoms with Gasteiger partial charge in [-0.1, -0.05) is 42.4 Å². The van der Waals surface area contributed by atoms with Gasteiger partial charge in [0.05, 0.1) is 4.92 Å². The molecular formula is C17H17N3O5. The Morgan fingerprint density at radius 2 is 1.96 bits per heavy atom. The van der Waals surface area contributed by atoms with Crippen molar-refractivity contribution in [3.63, 3.8) is 0 Å². The average Bonchev–Trinajstić information content (AvgIpc) is 2.64. The van der Waals surface area contributed by atoms with Gasteiger partial charge in [-0.05, 0) is 18.6 Å². The summed E-state index contributed by atoms with van der Waals surface area (Å²) in [4.78, 5) is 27.1. The van der Waals surface area contributed by atoms with Crippen molar-refractivity contribution in [2.75, 3.05) is 0 Å². The molecule has 0 bridgehead atoms. The van der Waals surface area contributed by atoms with Gasteiger partial charge in [0.2, 0.25) is 0 Å². The molecule has 2 aromatic rings. The molecule has 0 aliphatic heterocycles. The van der Waals surface area contributed by atoms with Crippen LogP contribution in [0, 0.1) is 10.1 Å². The summed E-state index contributed by atoms with van der Waals surface area (Å²) >= 11 is 0. The summed E-state index contributed by atoms with van der Waals surface area (Å²) in [6.45, 7) is 1.77. The minimum atomic E-state index is -0.843. The molecule has 2 aromatic carbocycles. The second-order valence-corrected chi connectivity index (χ2v) is 5.02. The summed E-state index contributed by atoms with van der Waals surface area (Å²) < 4.78 is 5.54. The first-order valence-corrected chi connectivity index (χ1v) is 7.52. The Morgan fingerprint density at radius 1 is 1.24 bits per heavy atom. The van der Waals surface area contributed by atoms with Crippen LogP contribution in [0.1, 0.15) is 18.9 Å². The highest BCUT2D eigenvalue weighted by Crippen LogP contribution is 2.15. The van der Waals surface area contributed by atoms with Crippen LogP contribution in [0.2, 0.25) is 0 Å². The van der Waals surface area contributed by atoms with Crippen molar-refractivity contribution in [2.45, 2.75) is 19.4 Å². The van der Waals surface area contributed by atoms with Crippen molar-refractivity contribution in [1.82, 2.24) is 0 Å². The summed E-state index contributed by atoms with van der Waals surface area (Å²) in [5, 5.41) is 14.3. The molecule has 2 rings (SSSR count). The van der Waals surface area contributed by atoms with Crippen molar-refractivity contribution in [3.8, 4) is 5.75 Å². The fourth-order valence-corrected chi connectivity index (χ4v) is 1.95. The van der Waals surface area contributed by atoms with Crippen LogP contribution in [-0.2, 0) is 9.63 Å². The third kappa shape index (κ3) is 5.03. The van der Waals surface area contributed by atoms with E-state index in [1.165, 1.54) is 24.3 Å². The molecule has 130 valence electrons. The minimum absolute atomic E-state index is 0.138. The monoisotopic (exact) mass is 343 g/mol. The van der Waals surface area contributed by atoms with E-state index < -0.39 is 17.0 Å². The summed E-state index contributed by atoms with van der Waals surface area (Å²) in [5.74, 6) is -0.326. The highest BCUT2D eigenvalue weighted by atomic mass is 16.7. The standard InChI is InChI=1S/C17H17N3O5/c1-2-15(24-14-9-4-3-5-10-14)17(21)25-19-16(18)12-7-6-8-13(11-12)20(22)23/h3-11,15H,2H2,1H3,(H2,18,19)/t15-/m1/s1. The molecule has 0 aliphatic carbocycles. The SMILES string of the molecule is CC[C@@H](Oc1ccccc1)C(=O)O/N=C(/N)c1cccc([N+](=O)[O-])c1. The Morgan fingerprint density at radius 3 is 2.60 bits per heavy atom. The number of hydrogen-bond donors (Lipinski definition) is 1. The van der Waals surface area contributed by atoms with E-state index >= 15 is 0 Å². The first kappa shape index (κ1) is 17.9. The fraction of sp³-hybridized carbons (Fsp3) is 0.176. The van der Waals surface area contributed by atoms with E-state index in [4.69, 9.17) is 15.3 Å². The van der Waals surface area contributed by atoms with E-state index in [0.29, 0.717) is 12.2 Å². The van der Waals surface area contributed by atoms with Crippen LogP contribution in [-0.4, -0.2) is 22.8 Å². The molecule has 8 nitrogen and oxygen atoms in total. The van der Waals surface area contributed by atoms with Gasteiger partial charge in [-0.15, -0.1) is 0 Å². The van der Waals surface area contributed by atoms with Crippen molar-refractivity contribution in [3.05, 3.63) is 70.3 Å². The van der Waals surface area contributed by atoms with Crippen LogP contribution in [0.3, 0.4) is 0 Å². The number of nitro groups is 1. The van der Waals surface area contributed by atoms with Crippen LogP contribution in [0.25, 0.3) is 0 Å². The van der Waals surface area contributed by atoms with Crippen molar-refractivity contribution in [2.24, 2.45) is 10.9 Å². The van der Waals surface area contributed by atoms with E-state index in [1.54, 1.807) is 31.2 Å². The van der Waals surface area contributed by atoms with Gasteiger partial charge in [0.15, 0.2) is 11.9 Å². The number of rotatable bonds is 7. The molecule has 0 amide bonds. The number of nitrogens with two attached hydrogens (primary N) is 1. The molecule has 0 saturated carbocycles. The molecule has 0 aliphatic rings. The van der Waals surface area contributed by atoms with Gasteiger partial charge in [-0.3, -0.25) is 10.1 Å². The zero-order valence-electron chi connectivity index (χ0n) is 13.5. The van der Waals surface area contributed by atoms with Gasteiger partial charge in [-0.25, -0.2) is 4.79 Å². The number of nitrogens with zero attached hydrogens (tertiary/aromatic N) is 2. The maximum Gasteiger partial charge on any atom is 0.375 e. The second-order valence-electron chi connectivity index (χ2n) is 5.02. The summed E-state index contributed by atoms with van der Waals surface area (Å²) in [5.41, 5.74) is 5.85. The Kier molecular flexibility index (Phi) is 6.05. The van der Waals surface area contributed by atoms with Crippen LogP contribution >= 0.6 is 0 Å². The van der Waals surface area contributed by atoms with Gasteiger partial charge in [0.25, 0.3) is 5.69 Å². The molecule has 0 radical (unpaired) electrons.